The number of nitrogens with zero attached hydrogens (tertiary/aromatic N) is 8. The van der Waals surface area contributed by atoms with Crippen molar-refractivity contribution in [1.82, 2.24) is 18.7 Å². The van der Waals surface area contributed by atoms with Gasteiger partial charge in [-0.1, -0.05) is 291 Å². The third-order valence-corrected chi connectivity index (χ3v) is 27.4. The standard InChI is InChI=1S/C126H78N8O3/c127-79-80-56-58-81(59-57-80)89-71-98(84-30-5-1-6-31-84)124(99(72-89)85-32-7-2-8-33-85)133-109-68-65-92(129-105-42-16-13-38-95(105)96-39-14-17-43-106(96)129)77-101(109)102-78-93(66-69-110(102)133)130-107-44-18-15-40-97(107)100-70-88(64-67-108(100)130)94-41-29-50-116-126(94)137-123-55-28-21-47-113(123)132(116)118-76-91(83-62-60-82(61-63-83)90-73-103(86-34-9-3-10-35-86)128-104(74-90)87-36-11-4-12-37-87)75-117(131-111-45-19-24-51-119(111)135-120-52-25-20-46-112(120)131)125(118)134-114-48-22-26-53-121(114)136-122-54-27-23-49-115(122)134/h1-78H. The van der Waals surface area contributed by atoms with E-state index >= 15 is 0 Å². The van der Waals surface area contributed by atoms with Crippen LogP contribution in [0.5, 0.6) is 34.5 Å². The number of para-hydroxylation sites is 14. The number of anilines is 9. The van der Waals surface area contributed by atoms with Crippen molar-refractivity contribution in [3.8, 4) is 147 Å². The number of hydrogen-bond acceptors (Lipinski definition) is 8. The maximum atomic E-state index is 10.0. The van der Waals surface area contributed by atoms with Gasteiger partial charge in [-0.2, -0.15) is 5.26 Å². The zero-order valence-corrected chi connectivity index (χ0v) is 73.8. The summed E-state index contributed by atoms with van der Waals surface area (Å²) in [5.74, 6) is 4.24. The number of aromatic nitrogens is 4. The van der Waals surface area contributed by atoms with E-state index in [2.05, 4.69) is 459 Å². The molecular formula is C126H78N8O3. The van der Waals surface area contributed by atoms with E-state index in [1.165, 1.54) is 10.8 Å². The van der Waals surface area contributed by atoms with Gasteiger partial charge in [-0.05, 0) is 232 Å². The second kappa shape index (κ2) is 31.8. The molecule has 20 aromatic carbocycles. The van der Waals surface area contributed by atoms with Crippen molar-refractivity contribution in [2.24, 2.45) is 0 Å². The maximum Gasteiger partial charge on any atom is 0.159 e. The molecule has 0 radical (unpaired) electrons. The van der Waals surface area contributed by atoms with Crippen LogP contribution in [0.15, 0.2) is 473 Å². The average molecular weight is 1750 g/mol. The first-order valence-electron chi connectivity index (χ1n) is 46.2. The van der Waals surface area contributed by atoms with Gasteiger partial charge in [0.15, 0.2) is 34.5 Å². The van der Waals surface area contributed by atoms with Crippen molar-refractivity contribution in [3.63, 3.8) is 0 Å². The molecule has 11 nitrogen and oxygen atoms in total. The first-order valence-corrected chi connectivity index (χ1v) is 46.2. The van der Waals surface area contributed by atoms with Crippen LogP contribution in [0.4, 0.5) is 51.2 Å². The average Bonchev–Trinajstić information content (AvgIpc) is 1.52. The number of benzene rings is 20. The number of nitriles is 1. The van der Waals surface area contributed by atoms with Crippen molar-refractivity contribution in [1.29, 1.82) is 5.26 Å². The van der Waals surface area contributed by atoms with Gasteiger partial charge in [-0.3, -0.25) is 4.90 Å². The van der Waals surface area contributed by atoms with Crippen molar-refractivity contribution in [3.05, 3.63) is 479 Å². The van der Waals surface area contributed by atoms with Gasteiger partial charge >= 0.3 is 0 Å². The Bertz CT molecular complexity index is 8830. The summed E-state index contributed by atoms with van der Waals surface area (Å²) in [6.07, 6.45) is 0. The highest BCUT2D eigenvalue weighted by atomic mass is 16.5. The zero-order chi connectivity index (χ0) is 90.3. The second-order valence-corrected chi connectivity index (χ2v) is 35.1. The molecule has 0 N–H and O–H groups in total. The first-order chi connectivity index (χ1) is 67.9. The molecule has 11 heteroatoms. The van der Waals surface area contributed by atoms with Gasteiger partial charge in [-0.25, -0.2) is 4.98 Å². The summed E-state index contributed by atoms with van der Waals surface area (Å²) in [5.41, 5.74) is 34.2. The molecule has 0 unspecified atom stereocenters. The minimum absolute atomic E-state index is 0.613. The molecule has 0 bridgehead atoms. The molecule has 7 heterocycles. The highest BCUT2D eigenvalue weighted by molar-refractivity contribution is 6.17. The molecule has 0 saturated heterocycles. The van der Waals surface area contributed by atoms with Crippen LogP contribution in [0.2, 0.25) is 0 Å². The Kier molecular flexibility index (Phi) is 18.1. The van der Waals surface area contributed by atoms with Gasteiger partial charge in [0.2, 0.25) is 0 Å². The Morgan fingerprint density at radius 1 is 0.197 bits per heavy atom. The lowest BCUT2D eigenvalue weighted by molar-refractivity contribution is 0.475. The molecule has 0 fully saturated rings. The van der Waals surface area contributed by atoms with E-state index in [1.54, 1.807) is 0 Å². The molecule has 24 aromatic rings. The predicted octanol–water partition coefficient (Wildman–Crippen LogP) is 34.3. The SMILES string of the molecule is N#Cc1ccc(-c2cc(-c3ccccc3)c(-n3c4ccc(-n5c6ccccc6c6ccccc65)cc4c4cc(-n5c6ccccc6c6cc(-c7cccc8c7Oc7ccccc7N8c7cc(-c8ccc(-c9cc(-c%10ccccc%10)nc(-c%10ccccc%10)c9)cc8)cc(N8c9ccccc9Oc9ccccc98)c7N7c8ccccc8Oc8ccccc87)ccc65)ccc43)c(-c3ccccc3)c2)cc1. The molecule has 3 aliphatic rings. The molecule has 0 atom stereocenters. The summed E-state index contributed by atoms with van der Waals surface area (Å²) in [4.78, 5) is 12.5. The number of ether oxygens (including phenoxy) is 3. The lowest BCUT2D eigenvalue weighted by Gasteiger charge is -2.42. The third kappa shape index (κ3) is 12.8. The molecule has 27 rings (SSSR count). The number of fused-ring (bicyclic) bond motifs is 15. The fraction of sp³-hybridized carbons (Fsp3) is 0. The van der Waals surface area contributed by atoms with Crippen LogP contribution in [-0.4, -0.2) is 18.7 Å². The molecule has 3 aliphatic heterocycles. The minimum Gasteiger partial charge on any atom is -0.453 e. The van der Waals surface area contributed by atoms with Gasteiger partial charge in [0.05, 0.1) is 113 Å². The normalized spacial score (nSPS) is 12.4. The Balaban J connectivity index is 0.665. The van der Waals surface area contributed by atoms with E-state index in [0.717, 1.165) is 224 Å². The summed E-state index contributed by atoms with van der Waals surface area (Å²) >= 11 is 0. The van der Waals surface area contributed by atoms with Gasteiger partial charge < -0.3 is 37.7 Å². The fourth-order valence-corrected chi connectivity index (χ4v) is 21.2. The first kappa shape index (κ1) is 78.1. The highest BCUT2D eigenvalue weighted by Crippen LogP contribution is 2.65. The van der Waals surface area contributed by atoms with Crippen molar-refractivity contribution in [2.75, 3.05) is 14.7 Å². The van der Waals surface area contributed by atoms with Crippen LogP contribution in [0, 0.1) is 11.3 Å². The van der Waals surface area contributed by atoms with Crippen molar-refractivity contribution < 1.29 is 14.2 Å². The molecule has 640 valence electrons. The van der Waals surface area contributed by atoms with Crippen LogP contribution in [-0.2, 0) is 0 Å². The van der Waals surface area contributed by atoms with Gasteiger partial charge in [0.1, 0.15) is 0 Å². The summed E-state index contributed by atoms with van der Waals surface area (Å²) in [7, 11) is 0. The smallest absolute Gasteiger partial charge is 0.159 e. The van der Waals surface area contributed by atoms with E-state index in [4.69, 9.17) is 19.2 Å². The predicted molar refractivity (Wildman–Crippen MR) is 560 cm³/mol. The van der Waals surface area contributed by atoms with E-state index < -0.39 is 0 Å². The lowest BCUT2D eigenvalue weighted by atomic mass is 9.90. The third-order valence-electron chi connectivity index (χ3n) is 27.4. The van der Waals surface area contributed by atoms with Crippen LogP contribution >= 0.6 is 0 Å². The quantitative estimate of drug-likeness (QED) is 0.106. The summed E-state index contributed by atoms with van der Waals surface area (Å²) < 4.78 is 29.0. The van der Waals surface area contributed by atoms with E-state index in [9.17, 15) is 5.26 Å². The monoisotopic (exact) mass is 1750 g/mol. The molecule has 4 aromatic heterocycles. The second-order valence-electron chi connectivity index (χ2n) is 35.1. The van der Waals surface area contributed by atoms with Crippen molar-refractivity contribution >= 4 is 117 Å². The van der Waals surface area contributed by atoms with Gasteiger partial charge in [0.25, 0.3) is 0 Å². The van der Waals surface area contributed by atoms with Crippen LogP contribution in [0.1, 0.15) is 5.56 Å². The number of hydrogen-bond donors (Lipinski definition) is 0. The largest absolute Gasteiger partial charge is 0.453 e. The molecule has 137 heavy (non-hydrogen) atoms. The highest BCUT2D eigenvalue weighted by Gasteiger charge is 2.40. The topological polar surface area (TPSA) is 88.9 Å². The maximum absolute atomic E-state index is 10.0. The summed E-state index contributed by atoms with van der Waals surface area (Å²) in [5, 5.41) is 16.8. The fourth-order valence-electron chi connectivity index (χ4n) is 21.2. The summed E-state index contributed by atoms with van der Waals surface area (Å²) in [6, 6.07) is 172. The van der Waals surface area contributed by atoms with Crippen molar-refractivity contribution in [2.45, 2.75) is 0 Å². The zero-order valence-electron chi connectivity index (χ0n) is 73.8. The van der Waals surface area contributed by atoms with Gasteiger partial charge in [0, 0.05) is 71.5 Å². The minimum atomic E-state index is 0.613. The van der Waals surface area contributed by atoms with Gasteiger partial charge in [-0.15, -0.1) is 0 Å². The Hall–Kier alpha value is -18.8. The Morgan fingerprint density at radius 3 is 0.993 bits per heavy atom. The number of pyridine rings is 1. The summed E-state index contributed by atoms with van der Waals surface area (Å²) in [6.45, 7) is 0. The van der Waals surface area contributed by atoms with Crippen LogP contribution in [0.25, 0.3) is 172 Å². The molecule has 0 spiro atoms. The van der Waals surface area contributed by atoms with E-state index in [1.807, 2.05) is 48.5 Å². The number of rotatable bonds is 14. The molecule has 0 saturated carbocycles. The van der Waals surface area contributed by atoms with E-state index in [0.29, 0.717) is 28.6 Å². The molecular weight excluding hydrogens is 1670 g/mol. The lowest BCUT2D eigenvalue weighted by Crippen LogP contribution is -2.25. The Labute approximate surface area is 789 Å². The van der Waals surface area contributed by atoms with E-state index in [-0.39, 0.29) is 0 Å². The Morgan fingerprint density at radius 2 is 0.533 bits per heavy atom. The van der Waals surface area contributed by atoms with Crippen LogP contribution in [0.3, 0.4) is 0 Å². The molecule has 0 aliphatic carbocycles. The van der Waals surface area contributed by atoms with Crippen LogP contribution < -0.4 is 28.9 Å². The molecule has 0 amide bonds.